The van der Waals surface area contributed by atoms with Crippen molar-refractivity contribution in [2.75, 3.05) is 19.8 Å². The largest absolute Gasteiger partial charge is 0.491 e. The molecule has 1 fully saturated rings. The number of hydroxylamine groups is 1. The number of amides is 2. The van der Waals surface area contributed by atoms with E-state index >= 15 is 4.39 Å². The molecule has 0 radical (unpaired) electrons. The summed E-state index contributed by atoms with van der Waals surface area (Å²) in [5.74, 6) is -0.415. The molecule has 1 aromatic rings. The summed E-state index contributed by atoms with van der Waals surface area (Å²) in [6, 6.07) is 4.26. The number of carbonyl (C=O) groups is 2. The van der Waals surface area contributed by atoms with Crippen molar-refractivity contribution in [2.24, 2.45) is 11.3 Å². The van der Waals surface area contributed by atoms with Gasteiger partial charge in [0.25, 0.3) is 5.91 Å². The second kappa shape index (κ2) is 8.80. The summed E-state index contributed by atoms with van der Waals surface area (Å²) in [6.45, 7) is 3.20. The molecular weight excluding hydrogens is 403 g/mol. The van der Waals surface area contributed by atoms with Gasteiger partial charge in [0, 0.05) is 42.2 Å². The monoisotopic (exact) mass is 430 g/mol. The second-order valence-corrected chi connectivity index (χ2v) is 8.45. The van der Waals surface area contributed by atoms with Crippen LogP contribution in [0.15, 0.2) is 42.5 Å². The summed E-state index contributed by atoms with van der Waals surface area (Å²) in [6.07, 6.45) is 6.77. The molecule has 2 N–H and O–H groups in total. The Bertz CT molecular complexity index is 911. The van der Waals surface area contributed by atoms with Crippen molar-refractivity contribution in [1.82, 2.24) is 10.4 Å². The lowest BCUT2D eigenvalue weighted by atomic mass is 9.74. The third-order valence-electron chi connectivity index (χ3n) is 6.56. The number of nitrogens with zero attached hydrogens (tertiary/aromatic N) is 1. The van der Waals surface area contributed by atoms with Crippen LogP contribution in [0.4, 0.5) is 4.39 Å². The molecule has 0 saturated carbocycles. The number of halogens is 1. The zero-order valence-electron chi connectivity index (χ0n) is 17.4. The molecule has 3 aliphatic rings. The Morgan fingerprint density at radius 1 is 1.26 bits per heavy atom. The van der Waals surface area contributed by atoms with Crippen LogP contribution in [0.25, 0.3) is 0 Å². The summed E-state index contributed by atoms with van der Waals surface area (Å²) < 4.78 is 26.6. The minimum atomic E-state index is -1.27. The zero-order valence-corrected chi connectivity index (χ0v) is 17.4. The van der Waals surface area contributed by atoms with Gasteiger partial charge in [-0.2, -0.15) is 0 Å². The average Bonchev–Trinajstić information content (AvgIpc) is 3.00. The second-order valence-electron chi connectivity index (χ2n) is 8.45. The van der Waals surface area contributed by atoms with Crippen molar-refractivity contribution < 1.29 is 28.7 Å². The fourth-order valence-corrected chi connectivity index (χ4v) is 4.52. The maximum Gasteiger partial charge on any atom is 0.274 e. The fraction of sp³-hybridized carbons (Fsp3) is 0.478. The molecule has 2 amide bonds. The molecular formula is C23H27FN2O5. The van der Waals surface area contributed by atoms with Gasteiger partial charge < -0.3 is 14.4 Å². The minimum absolute atomic E-state index is 0.0293. The Morgan fingerprint density at radius 3 is 2.74 bits per heavy atom. The van der Waals surface area contributed by atoms with Gasteiger partial charge in [-0.15, -0.1) is 0 Å². The maximum absolute atomic E-state index is 15.1. The number of fused-ring (bicyclic) bond motifs is 1. The summed E-state index contributed by atoms with van der Waals surface area (Å²) in [4.78, 5) is 27.1. The first-order valence-electron chi connectivity index (χ1n) is 10.5. The highest BCUT2D eigenvalue weighted by atomic mass is 19.1. The van der Waals surface area contributed by atoms with Crippen molar-refractivity contribution in [2.45, 2.75) is 38.5 Å². The Kier molecular flexibility index (Phi) is 6.11. The van der Waals surface area contributed by atoms with Crippen molar-refractivity contribution in [3.8, 4) is 5.75 Å². The van der Waals surface area contributed by atoms with Crippen molar-refractivity contribution >= 4 is 11.8 Å². The highest BCUT2D eigenvalue weighted by molar-refractivity contribution is 5.93. The number of hydrogen-bond donors (Lipinski definition) is 2. The number of alkyl halides is 1. The average molecular weight is 430 g/mol. The van der Waals surface area contributed by atoms with E-state index in [0.29, 0.717) is 31.8 Å². The molecule has 0 aromatic heterocycles. The predicted octanol–water partition coefficient (Wildman–Crippen LogP) is 2.79. The van der Waals surface area contributed by atoms with E-state index in [2.05, 4.69) is 0 Å². The quantitative estimate of drug-likeness (QED) is 0.569. The van der Waals surface area contributed by atoms with E-state index in [1.54, 1.807) is 47.7 Å². The smallest absolute Gasteiger partial charge is 0.274 e. The molecule has 0 spiro atoms. The van der Waals surface area contributed by atoms with Crippen molar-refractivity contribution in [3.63, 3.8) is 0 Å². The van der Waals surface area contributed by atoms with Gasteiger partial charge >= 0.3 is 0 Å². The lowest BCUT2D eigenvalue weighted by molar-refractivity contribution is -0.145. The van der Waals surface area contributed by atoms with Crippen molar-refractivity contribution in [3.05, 3.63) is 53.6 Å². The van der Waals surface area contributed by atoms with Gasteiger partial charge in [0.2, 0.25) is 5.91 Å². The molecule has 1 saturated heterocycles. The zero-order chi connectivity index (χ0) is 22.0. The molecule has 2 unspecified atom stereocenters. The van der Waals surface area contributed by atoms with E-state index < -0.39 is 23.5 Å². The molecule has 4 rings (SSSR count). The molecule has 8 heteroatoms. The third kappa shape index (κ3) is 4.09. The van der Waals surface area contributed by atoms with E-state index in [4.69, 9.17) is 14.7 Å². The molecule has 31 heavy (non-hydrogen) atoms. The lowest BCUT2D eigenvalue weighted by Gasteiger charge is -2.44. The highest BCUT2D eigenvalue weighted by Gasteiger charge is 2.47. The van der Waals surface area contributed by atoms with E-state index in [9.17, 15) is 9.59 Å². The number of hydrogen-bond acceptors (Lipinski definition) is 5. The molecule has 166 valence electrons. The summed E-state index contributed by atoms with van der Waals surface area (Å²) >= 11 is 0. The standard InChI is InChI=1S/C23H27FN2O5/c1-23(9-3-2-4-19(23)24)20-14-31-18-12-16(21(27)25-29)5-6-17(18)13-26(20)22(28)15-7-10-30-11-8-15/h2-6,9,12,15,19-20,29H,7-8,10-11,13-14H2,1H3,(H,25,27)/t19?,20-,23?/m1/s1. The number of ether oxygens (including phenoxy) is 2. The molecule has 1 aromatic carbocycles. The molecule has 2 heterocycles. The first-order chi connectivity index (χ1) is 14.9. The summed E-state index contributed by atoms with van der Waals surface area (Å²) in [7, 11) is 0. The Morgan fingerprint density at radius 2 is 2.03 bits per heavy atom. The Hall–Kier alpha value is -2.71. The minimum Gasteiger partial charge on any atom is -0.491 e. The van der Waals surface area contributed by atoms with E-state index in [1.165, 1.54) is 12.1 Å². The van der Waals surface area contributed by atoms with E-state index in [-0.39, 0.29) is 30.5 Å². The normalized spacial score (nSPS) is 28.4. The van der Waals surface area contributed by atoms with Gasteiger partial charge in [0.1, 0.15) is 18.5 Å². The van der Waals surface area contributed by atoms with E-state index in [1.807, 2.05) is 0 Å². The molecule has 0 bridgehead atoms. The maximum atomic E-state index is 15.1. The van der Waals surface area contributed by atoms with Crippen LogP contribution in [0.2, 0.25) is 0 Å². The first-order valence-corrected chi connectivity index (χ1v) is 10.5. The van der Waals surface area contributed by atoms with Crippen LogP contribution in [-0.2, 0) is 16.1 Å². The SMILES string of the molecule is CC1([C@H]2COc3cc(C(=O)NO)ccc3CN2C(=O)C2CCOCC2)C=CC=CC1F. The van der Waals surface area contributed by atoms with Crippen LogP contribution in [0.1, 0.15) is 35.7 Å². The fourth-order valence-electron chi connectivity index (χ4n) is 4.52. The van der Waals surface area contributed by atoms with Gasteiger partial charge in [0.15, 0.2) is 0 Å². The Labute approximate surface area is 180 Å². The van der Waals surface area contributed by atoms with Gasteiger partial charge in [-0.25, -0.2) is 9.87 Å². The predicted molar refractivity (Wildman–Crippen MR) is 110 cm³/mol. The van der Waals surface area contributed by atoms with Gasteiger partial charge in [-0.3, -0.25) is 14.8 Å². The van der Waals surface area contributed by atoms with Crippen molar-refractivity contribution in [1.29, 1.82) is 0 Å². The first kappa shape index (κ1) is 21.5. The van der Waals surface area contributed by atoms with Gasteiger partial charge in [0.05, 0.1) is 6.04 Å². The summed E-state index contributed by atoms with van der Waals surface area (Å²) in [5.41, 5.74) is 1.62. The number of nitrogens with one attached hydrogen (secondary N) is 1. The van der Waals surface area contributed by atoms with Crippen LogP contribution >= 0.6 is 0 Å². The molecule has 1 aliphatic carbocycles. The number of carbonyl (C=O) groups excluding carboxylic acids is 2. The number of allylic oxidation sites excluding steroid dienone is 3. The van der Waals surface area contributed by atoms with Gasteiger partial charge in [-0.1, -0.05) is 31.2 Å². The number of rotatable bonds is 3. The van der Waals surface area contributed by atoms with Gasteiger partial charge in [-0.05, 0) is 31.1 Å². The van der Waals surface area contributed by atoms with Crippen LogP contribution < -0.4 is 10.2 Å². The Balaban J connectivity index is 1.71. The third-order valence-corrected chi connectivity index (χ3v) is 6.56. The van der Waals surface area contributed by atoms with E-state index in [0.717, 1.165) is 5.56 Å². The van der Waals surface area contributed by atoms with Crippen LogP contribution in [-0.4, -0.2) is 54.0 Å². The molecule has 3 atom stereocenters. The van der Waals surface area contributed by atoms with Crippen LogP contribution in [0, 0.1) is 11.3 Å². The summed E-state index contributed by atoms with van der Waals surface area (Å²) in [5, 5.41) is 8.92. The highest BCUT2D eigenvalue weighted by Crippen LogP contribution is 2.41. The van der Waals surface area contributed by atoms with Crippen LogP contribution in [0.5, 0.6) is 5.75 Å². The lowest BCUT2D eigenvalue weighted by Crippen LogP contribution is -2.55. The topological polar surface area (TPSA) is 88.1 Å². The molecule has 2 aliphatic heterocycles. The number of benzene rings is 1. The molecule has 7 nitrogen and oxygen atoms in total. The van der Waals surface area contributed by atoms with Crippen LogP contribution in [0.3, 0.4) is 0 Å².